The Hall–Kier alpha value is -1.10. The van der Waals surface area contributed by atoms with Gasteiger partial charge in [0.25, 0.3) is 0 Å². The number of ether oxygens (including phenoxy) is 1. The fourth-order valence-electron chi connectivity index (χ4n) is 2.90. The topological polar surface area (TPSA) is 64.4 Å². The first-order valence-corrected chi connectivity index (χ1v) is 8.30. The summed E-state index contributed by atoms with van der Waals surface area (Å²) in [6, 6.07) is 10.3. The molecule has 1 saturated carbocycles. The van der Waals surface area contributed by atoms with E-state index < -0.39 is 0 Å². The second kappa shape index (κ2) is 10.6. The second-order valence-corrected chi connectivity index (χ2v) is 6.47. The van der Waals surface area contributed by atoms with Crippen molar-refractivity contribution < 1.29 is 9.53 Å². The zero-order valence-electron chi connectivity index (χ0n) is 13.9. The number of carbonyl (C=O) groups is 1. The number of nitrogens with one attached hydrogen (secondary N) is 1. The minimum atomic E-state index is 0. The number of halogens is 1. The van der Waals surface area contributed by atoms with Crippen LogP contribution < -0.4 is 11.1 Å². The molecule has 1 aromatic carbocycles. The Labute approximate surface area is 145 Å². The molecule has 1 aliphatic carbocycles. The average molecular weight is 341 g/mol. The monoisotopic (exact) mass is 340 g/mol. The maximum atomic E-state index is 12.1. The van der Waals surface area contributed by atoms with Crippen LogP contribution in [0.2, 0.25) is 0 Å². The van der Waals surface area contributed by atoms with Crippen molar-refractivity contribution >= 4 is 18.3 Å². The van der Waals surface area contributed by atoms with Gasteiger partial charge in [-0.3, -0.25) is 4.79 Å². The molecule has 3 N–H and O–H groups in total. The third-order valence-corrected chi connectivity index (χ3v) is 4.22. The van der Waals surface area contributed by atoms with Gasteiger partial charge in [-0.2, -0.15) is 0 Å². The highest BCUT2D eigenvalue weighted by atomic mass is 35.5. The molecule has 3 unspecified atom stereocenters. The molecular weight excluding hydrogens is 312 g/mol. The summed E-state index contributed by atoms with van der Waals surface area (Å²) in [4.78, 5) is 12.1. The lowest BCUT2D eigenvalue weighted by Crippen LogP contribution is -2.39. The van der Waals surface area contributed by atoms with Crippen LogP contribution in [0.1, 0.15) is 38.2 Å². The van der Waals surface area contributed by atoms with Crippen LogP contribution in [-0.2, 0) is 16.1 Å². The van der Waals surface area contributed by atoms with Crippen molar-refractivity contribution in [1.29, 1.82) is 0 Å². The number of benzene rings is 1. The molecular formula is C18H29ClN2O2. The Morgan fingerprint density at radius 1 is 1.35 bits per heavy atom. The maximum absolute atomic E-state index is 12.1. The summed E-state index contributed by atoms with van der Waals surface area (Å²) in [6.07, 6.45) is 3.91. The van der Waals surface area contributed by atoms with Crippen LogP contribution in [0, 0.1) is 11.8 Å². The minimum Gasteiger partial charge on any atom is -0.376 e. The molecule has 1 aromatic rings. The van der Waals surface area contributed by atoms with Crippen LogP contribution in [0.4, 0.5) is 0 Å². The van der Waals surface area contributed by atoms with Crippen molar-refractivity contribution in [3.05, 3.63) is 35.9 Å². The number of carbonyl (C=O) groups excluding carboxylic acids is 1. The Kier molecular flexibility index (Phi) is 9.22. The lowest BCUT2D eigenvalue weighted by Gasteiger charge is -2.26. The third kappa shape index (κ3) is 7.34. The molecule has 0 bridgehead atoms. The normalized spacial score (nSPS) is 22.0. The Morgan fingerprint density at radius 2 is 2.09 bits per heavy atom. The first-order valence-electron chi connectivity index (χ1n) is 8.30. The van der Waals surface area contributed by atoms with Crippen molar-refractivity contribution in [3.8, 4) is 0 Å². The first kappa shape index (κ1) is 19.9. The maximum Gasteiger partial charge on any atom is 0.223 e. The molecule has 2 rings (SSSR count). The van der Waals surface area contributed by atoms with Gasteiger partial charge in [0, 0.05) is 18.5 Å². The molecule has 0 radical (unpaired) electrons. The molecule has 4 nitrogen and oxygen atoms in total. The van der Waals surface area contributed by atoms with Crippen LogP contribution in [-0.4, -0.2) is 25.1 Å². The van der Waals surface area contributed by atoms with Crippen LogP contribution in [0.25, 0.3) is 0 Å². The lowest BCUT2D eigenvalue weighted by atomic mass is 9.85. The van der Waals surface area contributed by atoms with Gasteiger partial charge in [0.05, 0.1) is 13.2 Å². The number of rotatable bonds is 7. The lowest BCUT2D eigenvalue weighted by molar-refractivity contribution is -0.126. The van der Waals surface area contributed by atoms with Gasteiger partial charge < -0.3 is 15.8 Å². The first-order chi connectivity index (χ1) is 10.6. The van der Waals surface area contributed by atoms with Crippen LogP contribution in [0.3, 0.4) is 0 Å². The zero-order chi connectivity index (χ0) is 15.8. The van der Waals surface area contributed by atoms with Gasteiger partial charge in [-0.15, -0.1) is 12.4 Å². The number of amides is 1. The average Bonchev–Trinajstić information content (AvgIpc) is 2.53. The van der Waals surface area contributed by atoms with Crippen molar-refractivity contribution in [1.82, 2.24) is 5.32 Å². The Balaban J connectivity index is 0.00000264. The molecule has 1 aliphatic rings. The largest absolute Gasteiger partial charge is 0.376 e. The molecule has 1 amide bonds. The number of hydrogen-bond donors (Lipinski definition) is 2. The predicted octanol–water partition coefficient (Wildman–Crippen LogP) is 2.89. The molecule has 0 heterocycles. The van der Waals surface area contributed by atoms with E-state index in [-0.39, 0.29) is 30.3 Å². The van der Waals surface area contributed by atoms with E-state index in [4.69, 9.17) is 10.5 Å². The van der Waals surface area contributed by atoms with Crippen LogP contribution in [0.5, 0.6) is 0 Å². The van der Waals surface area contributed by atoms with Gasteiger partial charge in [0.15, 0.2) is 0 Å². The molecule has 23 heavy (non-hydrogen) atoms. The highest BCUT2D eigenvalue weighted by Gasteiger charge is 2.25. The summed E-state index contributed by atoms with van der Waals surface area (Å²) in [5.41, 5.74) is 7.12. The van der Waals surface area contributed by atoms with E-state index in [2.05, 4.69) is 24.4 Å². The molecule has 0 aromatic heterocycles. The van der Waals surface area contributed by atoms with Gasteiger partial charge in [0.2, 0.25) is 5.91 Å². The Morgan fingerprint density at radius 3 is 2.78 bits per heavy atom. The molecule has 1 fully saturated rings. The summed E-state index contributed by atoms with van der Waals surface area (Å²) < 4.78 is 5.71. The predicted molar refractivity (Wildman–Crippen MR) is 95.5 cm³/mol. The Bertz CT molecular complexity index is 456. The van der Waals surface area contributed by atoms with Gasteiger partial charge in [-0.1, -0.05) is 43.7 Å². The van der Waals surface area contributed by atoms with Gasteiger partial charge in [-0.25, -0.2) is 0 Å². The van der Waals surface area contributed by atoms with E-state index in [0.717, 1.165) is 25.7 Å². The fourth-order valence-corrected chi connectivity index (χ4v) is 2.90. The standard InChI is InChI=1S/C18H28N2O2.ClH/c1-14(12-22-13-15-6-3-2-4-7-15)11-20-18(21)16-8-5-9-17(19)10-16;/h2-4,6-7,14,16-17H,5,8-13,19H2,1H3,(H,20,21);1H. The smallest absolute Gasteiger partial charge is 0.223 e. The van der Waals surface area contributed by atoms with Crippen LogP contribution in [0.15, 0.2) is 30.3 Å². The van der Waals surface area contributed by atoms with Crippen molar-refractivity contribution in [3.63, 3.8) is 0 Å². The molecule has 0 spiro atoms. The zero-order valence-corrected chi connectivity index (χ0v) is 14.7. The van der Waals surface area contributed by atoms with E-state index in [0.29, 0.717) is 25.7 Å². The molecule has 5 heteroatoms. The second-order valence-electron chi connectivity index (χ2n) is 6.47. The quantitative estimate of drug-likeness (QED) is 0.802. The van der Waals surface area contributed by atoms with Crippen molar-refractivity contribution in [2.45, 2.75) is 45.3 Å². The van der Waals surface area contributed by atoms with Crippen LogP contribution >= 0.6 is 12.4 Å². The highest BCUT2D eigenvalue weighted by Crippen LogP contribution is 2.23. The van der Waals surface area contributed by atoms with E-state index >= 15 is 0 Å². The number of hydrogen-bond acceptors (Lipinski definition) is 3. The van der Waals surface area contributed by atoms with E-state index in [1.54, 1.807) is 0 Å². The van der Waals surface area contributed by atoms with Gasteiger partial charge in [-0.05, 0) is 30.7 Å². The van der Waals surface area contributed by atoms with Crippen molar-refractivity contribution in [2.24, 2.45) is 17.6 Å². The molecule has 0 saturated heterocycles. The summed E-state index contributed by atoms with van der Waals surface area (Å²) in [7, 11) is 0. The van der Waals surface area contributed by atoms with E-state index in [9.17, 15) is 4.79 Å². The van der Waals surface area contributed by atoms with Crippen molar-refractivity contribution in [2.75, 3.05) is 13.2 Å². The number of nitrogens with two attached hydrogens (primary N) is 1. The highest BCUT2D eigenvalue weighted by molar-refractivity contribution is 5.85. The summed E-state index contributed by atoms with van der Waals surface area (Å²) in [5, 5.41) is 3.05. The summed E-state index contributed by atoms with van der Waals surface area (Å²) >= 11 is 0. The molecule has 0 aliphatic heterocycles. The third-order valence-electron chi connectivity index (χ3n) is 4.22. The SMILES string of the molecule is CC(CNC(=O)C1CCCC(N)C1)COCc1ccccc1.Cl. The molecule has 3 atom stereocenters. The minimum absolute atomic E-state index is 0. The van der Waals surface area contributed by atoms with E-state index in [1.807, 2.05) is 18.2 Å². The summed E-state index contributed by atoms with van der Waals surface area (Å²) in [6.45, 7) is 4.03. The van der Waals surface area contributed by atoms with E-state index in [1.165, 1.54) is 5.56 Å². The summed E-state index contributed by atoms with van der Waals surface area (Å²) in [5.74, 6) is 0.566. The van der Waals surface area contributed by atoms with Gasteiger partial charge in [0.1, 0.15) is 0 Å². The van der Waals surface area contributed by atoms with Gasteiger partial charge >= 0.3 is 0 Å². The fraction of sp³-hybridized carbons (Fsp3) is 0.611. The molecule has 130 valence electrons.